The third-order valence-corrected chi connectivity index (χ3v) is 4.55. The van der Waals surface area contributed by atoms with Gasteiger partial charge in [-0.05, 0) is 23.5 Å². The van der Waals surface area contributed by atoms with Crippen molar-refractivity contribution in [2.75, 3.05) is 32.7 Å². The van der Waals surface area contributed by atoms with Crippen LogP contribution >= 0.6 is 11.5 Å². The second-order valence-electron chi connectivity index (χ2n) is 5.86. The molecule has 0 aliphatic carbocycles. The zero-order valence-corrected chi connectivity index (χ0v) is 14.7. The van der Waals surface area contributed by atoms with E-state index in [0.29, 0.717) is 25.3 Å². The highest BCUT2D eigenvalue weighted by Gasteiger charge is 2.23. The van der Waals surface area contributed by atoms with Gasteiger partial charge in [-0.15, -0.1) is 5.10 Å². The van der Waals surface area contributed by atoms with Gasteiger partial charge in [0.05, 0.1) is 6.54 Å². The third-order valence-electron chi connectivity index (χ3n) is 4.05. The Balaban J connectivity index is 1.45. The van der Waals surface area contributed by atoms with Gasteiger partial charge in [0.2, 0.25) is 0 Å². The van der Waals surface area contributed by atoms with E-state index in [-0.39, 0.29) is 25.0 Å². The summed E-state index contributed by atoms with van der Waals surface area (Å²) in [5.41, 5.74) is 1.36. The zero-order chi connectivity index (χ0) is 17.5. The summed E-state index contributed by atoms with van der Waals surface area (Å²) in [6, 6.07) is 9.62. The van der Waals surface area contributed by atoms with Crippen LogP contribution in [0, 0.1) is 0 Å². The summed E-state index contributed by atoms with van der Waals surface area (Å²) in [6.07, 6.45) is 0.815. The minimum atomic E-state index is -0.243. The number of nitrogens with zero attached hydrogens (tertiary/aromatic N) is 4. The van der Waals surface area contributed by atoms with Crippen molar-refractivity contribution in [2.24, 2.45) is 0 Å². The number of carbonyl (C=O) groups excluding carboxylic acids is 2. The first kappa shape index (κ1) is 17.5. The van der Waals surface area contributed by atoms with Gasteiger partial charge in [0, 0.05) is 31.6 Å². The van der Waals surface area contributed by atoms with Crippen LogP contribution in [0.2, 0.25) is 0 Å². The number of esters is 1. The van der Waals surface area contributed by atoms with E-state index in [1.165, 1.54) is 11.5 Å². The highest BCUT2D eigenvalue weighted by molar-refractivity contribution is 7.03. The topological polar surface area (TPSA) is 75.6 Å². The Morgan fingerprint density at radius 1 is 1.12 bits per heavy atom. The van der Waals surface area contributed by atoms with Crippen LogP contribution in [0.1, 0.15) is 22.5 Å². The molecule has 0 unspecified atom stereocenters. The number of hydrogen-bond donors (Lipinski definition) is 0. The number of carbonyl (C=O) groups is 2. The maximum Gasteiger partial charge on any atom is 0.320 e. The summed E-state index contributed by atoms with van der Waals surface area (Å²) in [4.78, 5) is 28.2. The van der Waals surface area contributed by atoms with Crippen molar-refractivity contribution in [3.8, 4) is 0 Å². The summed E-state index contributed by atoms with van der Waals surface area (Å²) in [5.74, 6) is -0.338. The fraction of sp³-hybridized carbons (Fsp3) is 0.412. The minimum Gasteiger partial charge on any atom is -0.460 e. The van der Waals surface area contributed by atoms with E-state index in [2.05, 4.69) is 9.59 Å². The Morgan fingerprint density at radius 3 is 2.72 bits per heavy atom. The molecule has 0 N–H and O–H groups in total. The highest BCUT2D eigenvalue weighted by atomic mass is 32.1. The molecular weight excluding hydrogens is 340 g/mol. The van der Waals surface area contributed by atoms with Crippen molar-refractivity contribution >= 4 is 23.4 Å². The van der Waals surface area contributed by atoms with Crippen molar-refractivity contribution in [3.05, 3.63) is 47.0 Å². The molecule has 1 saturated heterocycles. The molecule has 1 aromatic heterocycles. The fourth-order valence-electron chi connectivity index (χ4n) is 2.72. The van der Waals surface area contributed by atoms with Crippen LogP contribution in [-0.4, -0.2) is 64.0 Å². The number of ether oxygens (including phenoxy) is 1. The maximum absolute atomic E-state index is 12.3. The van der Waals surface area contributed by atoms with Crippen LogP contribution in [0.3, 0.4) is 0 Å². The van der Waals surface area contributed by atoms with Crippen molar-refractivity contribution in [1.82, 2.24) is 19.4 Å². The molecule has 1 fully saturated rings. The van der Waals surface area contributed by atoms with Gasteiger partial charge in [-0.3, -0.25) is 14.5 Å². The molecule has 0 saturated carbocycles. The van der Waals surface area contributed by atoms with Gasteiger partial charge in [0.15, 0.2) is 5.69 Å². The smallest absolute Gasteiger partial charge is 0.320 e. The van der Waals surface area contributed by atoms with Gasteiger partial charge in [-0.25, -0.2) is 0 Å². The second kappa shape index (κ2) is 8.68. The van der Waals surface area contributed by atoms with Gasteiger partial charge in [-0.1, -0.05) is 34.8 Å². The number of amides is 1. The summed E-state index contributed by atoms with van der Waals surface area (Å²) >= 11 is 1.17. The van der Waals surface area contributed by atoms with Gasteiger partial charge in [0.25, 0.3) is 5.91 Å². The van der Waals surface area contributed by atoms with Crippen LogP contribution < -0.4 is 0 Å². The molecule has 132 valence electrons. The first-order valence-corrected chi connectivity index (χ1v) is 9.04. The fourth-order valence-corrected chi connectivity index (χ4v) is 3.15. The van der Waals surface area contributed by atoms with Gasteiger partial charge >= 0.3 is 5.97 Å². The molecule has 25 heavy (non-hydrogen) atoms. The average molecular weight is 360 g/mol. The Hall–Kier alpha value is -2.32. The van der Waals surface area contributed by atoms with Crippen LogP contribution in [-0.2, 0) is 16.1 Å². The molecule has 0 atom stereocenters. The van der Waals surface area contributed by atoms with Crippen LogP contribution in [0.25, 0.3) is 0 Å². The molecule has 2 heterocycles. The number of hydrogen-bond acceptors (Lipinski definition) is 7. The molecule has 1 amide bonds. The molecule has 8 heteroatoms. The first-order valence-electron chi connectivity index (χ1n) is 8.20. The summed E-state index contributed by atoms with van der Waals surface area (Å²) in [7, 11) is 0. The van der Waals surface area contributed by atoms with E-state index in [9.17, 15) is 9.59 Å². The second-order valence-corrected chi connectivity index (χ2v) is 6.47. The molecule has 1 aromatic carbocycles. The van der Waals surface area contributed by atoms with Crippen LogP contribution in [0.4, 0.5) is 0 Å². The molecular formula is C17H20N4O3S. The standard InChI is InChI=1S/C17H20N4O3S/c22-16(24-12-14-5-2-1-3-6-14)11-20-7-4-8-21(10-9-20)17(23)15-13-25-19-18-15/h1-3,5-6,13H,4,7-12H2. The van der Waals surface area contributed by atoms with Crippen molar-refractivity contribution in [3.63, 3.8) is 0 Å². The molecule has 3 rings (SSSR count). The number of aromatic nitrogens is 2. The molecule has 1 aliphatic heterocycles. The SMILES string of the molecule is O=C(CN1CCCN(C(=O)c2csnn2)CC1)OCc1ccccc1. The Labute approximate surface area is 150 Å². The third kappa shape index (κ3) is 5.07. The van der Waals surface area contributed by atoms with E-state index < -0.39 is 0 Å². The predicted octanol–water partition coefficient (Wildman–Crippen LogP) is 1.43. The first-order chi connectivity index (χ1) is 12.2. The summed E-state index contributed by atoms with van der Waals surface area (Å²) in [5, 5.41) is 5.49. The van der Waals surface area contributed by atoms with Gasteiger partial charge in [-0.2, -0.15) is 0 Å². The monoisotopic (exact) mass is 360 g/mol. The minimum absolute atomic E-state index is 0.0951. The lowest BCUT2D eigenvalue weighted by atomic mass is 10.2. The van der Waals surface area contributed by atoms with E-state index in [4.69, 9.17) is 4.74 Å². The number of rotatable bonds is 5. The summed E-state index contributed by atoms with van der Waals surface area (Å²) < 4.78 is 9.06. The van der Waals surface area contributed by atoms with E-state index >= 15 is 0 Å². The van der Waals surface area contributed by atoms with Crippen LogP contribution in [0.5, 0.6) is 0 Å². The molecule has 0 spiro atoms. The van der Waals surface area contributed by atoms with E-state index in [1.807, 2.05) is 35.2 Å². The lowest BCUT2D eigenvalue weighted by molar-refractivity contribution is -0.146. The lowest BCUT2D eigenvalue weighted by Gasteiger charge is -2.20. The van der Waals surface area contributed by atoms with E-state index in [1.54, 1.807) is 10.3 Å². The Kier molecular flexibility index (Phi) is 6.08. The largest absolute Gasteiger partial charge is 0.460 e. The predicted molar refractivity (Wildman–Crippen MR) is 93.1 cm³/mol. The van der Waals surface area contributed by atoms with Gasteiger partial charge in [0.1, 0.15) is 6.61 Å². The molecule has 0 bridgehead atoms. The molecule has 0 radical (unpaired) electrons. The highest BCUT2D eigenvalue weighted by Crippen LogP contribution is 2.09. The van der Waals surface area contributed by atoms with Gasteiger partial charge < -0.3 is 9.64 Å². The van der Waals surface area contributed by atoms with Crippen LogP contribution in [0.15, 0.2) is 35.7 Å². The van der Waals surface area contributed by atoms with Crippen molar-refractivity contribution in [2.45, 2.75) is 13.0 Å². The van der Waals surface area contributed by atoms with Crippen molar-refractivity contribution in [1.29, 1.82) is 0 Å². The average Bonchev–Trinajstić information content (AvgIpc) is 3.08. The quantitative estimate of drug-likeness (QED) is 0.751. The Bertz CT molecular complexity index is 693. The van der Waals surface area contributed by atoms with Crippen molar-refractivity contribution < 1.29 is 14.3 Å². The lowest BCUT2D eigenvalue weighted by Crippen LogP contribution is -2.37. The molecule has 1 aliphatic rings. The zero-order valence-electron chi connectivity index (χ0n) is 13.8. The summed E-state index contributed by atoms with van der Waals surface area (Å²) in [6.45, 7) is 3.17. The molecule has 7 nitrogen and oxygen atoms in total. The van der Waals surface area contributed by atoms with E-state index in [0.717, 1.165) is 18.5 Å². The molecule has 2 aromatic rings. The number of benzene rings is 1. The Morgan fingerprint density at radius 2 is 1.96 bits per heavy atom. The normalized spacial score (nSPS) is 15.6. The maximum atomic E-state index is 12.3.